The molecule has 5 atom stereocenters. The van der Waals surface area contributed by atoms with E-state index in [0.717, 1.165) is 41.2 Å². The maximum Gasteiger partial charge on any atom is 0.145 e. The Morgan fingerprint density at radius 3 is 1.79 bits per heavy atom. The molecule has 6 rings (SSSR count). The zero-order chi connectivity index (χ0) is 28.9. The lowest BCUT2D eigenvalue weighted by Crippen LogP contribution is -2.33. The van der Waals surface area contributed by atoms with Crippen molar-refractivity contribution in [2.75, 3.05) is 13.2 Å². The van der Waals surface area contributed by atoms with Crippen LogP contribution in [-0.4, -0.2) is 36.8 Å². The molecule has 2 aliphatic carbocycles. The molecule has 4 fully saturated rings. The second-order valence-electron chi connectivity index (χ2n) is 13.9. The Hall–Kier alpha value is -1.80. The summed E-state index contributed by atoms with van der Waals surface area (Å²) in [6.07, 6.45) is 11.8. The lowest BCUT2D eigenvalue weighted by Gasteiger charge is -2.26. The van der Waals surface area contributed by atoms with Gasteiger partial charge in [0.25, 0.3) is 0 Å². The van der Waals surface area contributed by atoms with Gasteiger partial charge in [0.05, 0.1) is 19.3 Å². The molecule has 2 saturated carbocycles. The Labute approximate surface area is 251 Å². The summed E-state index contributed by atoms with van der Waals surface area (Å²) in [6.45, 7) is 5.95. The van der Waals surface area contributed by atoms with Crippen LogP contribution in [0.5, 0.6) is 0 Å². The minimum absolute atomic E-state index is 0.126. The third kappa shape index (κ3) is 7.46. The molecule has 2 aromatic carbocycles. The topological polar surface area (TPSA) is 66.4 Å². The molecule has 42 heavy (non-hydrogen) atoms. The van der Waals surface area contributed by atoms with Crippen LogP contribution in [0.15, 0.2) is 48.5 Å². The van der Waals surface area contributed by atoms with Crippen molar-refractivity contribution in [2.45, 2.75) is 109 Å². The van der Waals surface area contributed by atoms with Crippen LogP contribution in [0.25, 0.3) is 0 Å². The summed E-state index contributed by atoms with van der Waals surface area (Å²) >= 11 is 0. The first-order valence-corrected chi connectivity index (χ1v) is 16.5. The predicted octanol–water partition coefficient (Wildman–Crippen LogP) is 7.89. The van der Waals surface area contributed by atoms with Gasteiger partial charge in [-0.3, -0.25) is 5.26 Å². The first-order chi connectivity index (χ1) is 20.6. The van der Waals surface area contributed by atoms with Gasteiger partial charge in [-0.1, -0.05) is 88.1 Å². The van der Waals surface area contributed by atoms with Crippen LogP contribution < -0.4 is 0 Å². The molecule has 0 amide bonds. The molecule has 230 valence electrons. The van der Waals surface area contributed by atoms with Gasteiger partial charge in [0, 0.05) is 5.92 Å². The summed E-state index contributed by atoms with van der Waals surface area (Å²) in [4.78, 5) is 16.5. The number of hydrogen-bond acceptors (Lipinski definition) is 6. The third-order valence-corrected chi connectivity index (χ3v) is 10.6. The summed E-state index contributed by atoms with van der Waals surface area (Å²) in [7, 11) is 0. The van der Waals surface area contributed by atoms with Crippen LogP contribution in [-0.2, 0) is 43.6 Å². The summed E-state index contributed by atoms with van der Waals surface area (Å²) in [6, 6.07) is 17.3. The standard InChI is InChI=1S/C36H50O6/c1-24-3-7-26(8-4-24)19-28-11-13-30(14-12-28)21-40-42-33-23-39-35-32(22-38-36(33)35)34(41-37)31-17-15-29(16-18-31)20-27-9-5-25(2)6-10-27/h11-18,24-27,32-37H,3-10,19-23H2,1-2H3/t24?,25?,26?,27?,32-,33-,34?,35+,36+/m0/s1. The van der Waals surface area contributed by atoms with Crippen molar-refractivity contribution in [3.63, 3.8) is 0 Å². The monoisotopic (exact) mass is 578 g/mol. The highest BCUT2D eigenvalue weighted by Gasteiger charge is 2.52. The van der Waals surface area contributed by atoms with Crippen molar-refractivity contribution in [3.8, 4) is 0 Å². The van der Waals surface area contributed by atoms with Crippen molar-refractivity contribution in [1.82, 2.24) is 0 Å². The van der Waals surface area contributed by atoms with E-state index in [1.54, 1.807) is 0 Å². The van der Waals surface area contributed by atoms with Gasteiger partial charge in [0.2, 0.25) is 0 Å². The summed E-state index contributed by atoms with van der Waals surface area (Å²) in [5.41, 5.74) is 4.79. The quantitative estimate of drug-likeness (QED) is 0.216. The highest BCUT2D eigenvalue weighted by Crippen LogP contribution is 2.41. The lowest BCUT2D eigenvalue weighted by atomic mass is 9.80. The SMILES string of the molecule is CC1CCC(Cc2ccc(COO[C@H]3CO[C@H]4[C@@H]3OC[C@H]4C(OO)c3ccc(CC4CCC(C)CC4)cc3)cc2)CC1. The molecule has 0 bridgehead atoms. The molecule has 4 aliphatic rings. The van der Waals surface area contributed by atoms with E-state index < -0.39 is 6.10 Å². The van der Waals surface area contributed by atoms with E-state index >= 15 is 0 Å². The van der Waals surface area contributed by atoms with Gasteiger partial charge in [-0.2, -0.15) is 0 Å². The third-order valence-electron chi connectivity index (χ3n) is 10.6. The Balaban J connectivity index is 0.958. The minimum Gasteiger partial charge on any atom is -0.372 e. The van der Waals surface area contributed by atoms with E-state index in [1.807, 2.05) is 0 Å². The van der Waals surface area contributed by atoms with Gasteiger partial charge in [0.1, 0.15) is 24.9 Å². The van der Waals surface area contributed by atoms with E-state index in [0.29, 0.717) is 19.8 Å². The molecule has 2 aromatic rings. The van der Waals surface area contributed by atoms with E-state index in [9.17, 15) is 5.26 Å². The minimum atomic E-state index is -0.514. The van der Waals surface area contributed by atoms with E-state index in [1.165, 1.54) is 68.9 Å². The van der Waals surface area contributed by atoms with Crippen LogP contribution in [0.4, 0.5) is 0 Å². The van der Waals surface area contributed by atoms with E-state index in [4.69, 9.17) is 24.1 Å². The highest BCUT2D eigenvalue weighted by molar-refractivity contribution is 5.26. The molecule has 0 radical (unpaired) electrons. The molecule has 2 heterocycles. The fourth-order valence-corrected chi connectivity index (χ4v) is 7.76. The van der Waals surface area contributed by atoms with Gasteiger partial charge in [-0.25, -0.2) is 14.7 Å². The molecule has 2 aliphatic heterocycles. The van der Waals surface area contributed by atoms with Gasteiger partial charge in [-0.15, -0.1) is 0 Å². The van der Waals surface area contributed by atoms with Gasteiger partial charge in [-0.05, 0) is 84.5 Å². The Morgan fingerprint density at radius 1 is 0.690 bits per heavy atom. The fraction of sp³-hybridized carbons (Fsp3) is 0.667. The molecule has 2 saturated heterocycles. The molecule has 0 aromatic heterocycles. The van der Waals surface area contributed by atoms with Crippen LogP contribution in [0.3, 0.4) is 0 Å². The van der Waals surface area contributed by atoms with Gasteiger partial charge in [0.15, 0.2) is 0 Å². The van der Waals surface area contributed by atoms with Crippen molar-refractivity contribution in [3.05, 3.63) is 70.8 Å². The lowest BCUT2D eigenvalue weighted by molar-refractivity contribution is -0.341. The van der Waals surface area contributed by atoms with Gasteiger partial charge < -0.3 is 9.47 Å². The van der Waals surface area contributed by atoms with Crippen molar-refractivity contribution in [1.29, 1.82) is 0 Å². The molecule has 1 unspecified atom stereocenters. The van der Waals surface area contributed by atoms with Crippen molar-refractivity contribution in [2.24, 2.45) is 29.6 Å². The van der Waals surface area contributed by atoms with E-state index in [2.05, 4.69) is 62.4 Å². The van der Waals surface area contributed by atoms with Crippen LogP contribution in [0, 0.1) is 29.6 Å². The smallest absolute Gasteiger partial charge is 0.145 e. The van der Waals surface area contributed by atoms with Crippen LogP contribution in [0.1, 0.15) is 93.6 Å². The van der Waals surface area contributed by atoms with E-state index in [-0.39, 0.29) is 24.2 Å². The average Bonchev–Trinajstić information content (AvgIpc) is 3.61. The molecule has 6 heteroatoms. The largest absolute Gasteiger partial charge is 0.372 e. The first kappa shape index (κ1) is 30.2. The zero-order valence-electron chi connectivity index (χ0n) is 25.5. The van der Waals surface area contributed by atoms with Crippen LogP contribution >= 0.6 is 0 Å². The van der Waals surface area contributed by atoms with Crippen molar-refractivity contribution >= 4 is 0 Å². The molecule has 1 N–H and O–H groups in total. The molecule has 0 spiro atoms. The maximum atomic E-state index is 9.90. The Bertz CT molecular complexity index is 1090. The molecule has 6 nitrogen and oxygen atoms in total. The van der Waals surface area contributed by atoms with Crippen LogP contribution in [0.2, 0.25) is 0 Å². The highest BCUT2D eigenvalue weighted by atomic mass is 17.2. The predicted molar refractivity (Wildman–Crippen MR) is 162 cm³/mol. The summed E-state index contributed by atoms with van der Waals surface area (Å²) < 4.78 is 12.2. The number of hydrogen-bond donors (Lipinski definition) is 1. The number of fused-ring (bicyclic) bond motifs is 1. The maximum absolute atomic E-state index is 9.90. The second-order valence-corrected chi connectivity index (χ2v) is 13.9. The number of rotatable bonds is 11. The Kier molecular flexibility index (Phi) is 10.3. The zero-order valence-corrected chi connectivity index (χ0v) is 25.5. The first-order valence-electron chi connectivity index (χ1n) is 16.5. The van der Waals surface area contributed by atoms with Crippen molar-refractivity contribution < 1.29 is 29.4 Å². The molecular formula is C36H50O6. The van der Waals surface area contributed by atoms with Gasteiger partial charge >= 0.3 is 0 Å². The second kappa shape index (κ2) is 14.3. The normalized spacial score (nSPS) is 33.9. The number of ether oxygens (including phenoxy) is 2. The fourth-order valence-electron chi connectivity index (χ4n) is 7.76. The number of benzene rings is 2. The molecular weight excluding hydrogens is 528 g/mol. The Morgan fingerprint density at radius 2 is 1.21 bits per heavy atom. The summed E-state index contributed by atoms with van der Waals surface area (Å²) in [5, 5.41) is 9.90. The average molecular weight is 579 g/mol. The summed E-state index contributed by atoms with van der Waals surface area (Å²) in [5.74, 6) is 3.24.